The summed E-state index contributed by atoms with van der Waals surface area (Å²) in [7, 11) is 0. The lowest BCUT2D eigenvalue weighted by Crippen LogP contribution is -2.33. The zero-order valence-corrected chi connectivity index (χ0v) is 13.8. The number of thiazole rings is 1. The number of carbonyl (C=O) groups is 2. The maximum Gasteiger partial charge on any atom is 0.306 e. The van der Waals surface area contributed by atoms with Gasteiger partial charge in [0.2, 0.25) is 0 Å². The first kappa shape index (κ1) is 15.5. The molecule has 1 amide bonds. The number of thiophene rings is 1. The van der Waals surface area contributed by atoms with Gasteiger partial charge < -0.3 is 10.4 Å². The highest BCUT2D eigenvalue weighted by Gasteiger charge is 2.31. The van der Waals surface area contributed by atoms with Crippen LogP contribution in [-0.2, 0) is 4.79 Å². The Morgan fingerprint density at radius 1 is 1.36 bits per heavy atom. The van der Waals surface area contributed by atoms with Gasteiger partial charge in [0.1, 0.15) is 10.7 Å². The van der Waals surface area contributed by atoms with Crippen LogP contribution in [0.4, 0.5) is 0 Å². The molecule has 116 valence electrons. The van der Waals surface area contributed by atoms with Gasteiger partial charge in [-0.05, 0) is 31.4 Å². The summed E-state index contributed by atoms with van der Waals surface area (Å²) < 4.78 is 0.682. The lowest BCUT2D eigenvalue weighted by atomic mass is 10.1. The van der Waals surface area contributed by atoms with Gasteiger partial charge >= 0.3 is 5.97 Å². The second kappa shape index (κ2) is 6.36. The molecular formula is C14H13ClN2O3S2. The number of hydrogen-bond acceptors (Lipinski definition) is 5. The number of carbonyl (C=O) groups excluding carboxylic acids is 1. The summed E-state index contributed by atoms with van der Waals surface area (Å²) in [6, 6.07) is 3.59. The van der Waals surface area contributed by atoms with Crippen LogP contribution in [0.25, 0.3) is 9.88 Å². The first-order valence-electron chi connectivity index (χ1n) is 6.78. The van der Waals surface area contributed by atoms with Crippen LogP contribution in [0.3, 0.4) is 0 Å². The summed E-state index contributed by atoms with van der Waals surface area (Å²) in [4.78, 5) is 28.4. The van der Waals surface area contributed by atoms with Crippen LogP contribution in [0.15, 0.2) is 17.5 Å². The number of hydrogen-bond donors (Lipinski definition) is 2. The Hall–Kier alpha value is -1.44. The molecule has 2 N–H and O–H groups in total. The Kier molecular flexibility index (Phi) is 4.46. The molecule has 2 heterocycles. The van der Waals surface area contributed by atoms with Crippen LogP contribution in [0.1, 0.15) is 29.8 Å². The van der Waals surface area contributed by atoms with Crippen LogP contribution in [0.2, 0.25) is 4.34 Å². The van der Waals surface area contributed by atoms with Gasteiger partial charge in [-0.1, -0.05) is 11.6 Å². The number of aromatic nitrogens is 1. The normalized spacial score (nSPS) is 21.0. The summed E-state index contributed by atoms with van der Waals surface area (Å²) >= 11 is 8.71. The van der Waals surface area contributed by atoms with Crippen LogP contribution < -0.4 is 5.32 Å². The van der Waals surface area contributed by atoms with E-state index in [9.17, 15) is 9.59 Å². The predicted molar refractivity (Wildman–Crippen MR) is 86.7 cm³/mol. The van der Waals surface area contributed by atoms with E-state index in [1.165, 1.54) is 22.7 Å². The van der Waals surface area contributed by atoms with Gasteiger partial charge in [-0.2, -0.15) is 0 Å². The molecule has 1 fully saturated rings. The lowest BCUT2D eigenvalue weighted by Gasteiger charge is -2.10. The Morgan fingerprint density at radius 2 is 2.18 bits per heavy atom. The molecule has 0 spiro atoms. The van der Waals surface area contributed by atoms with Gasteiger partial charge in [0, 0.05) is 11.4 Å². The minimum absolute atomic E-state index is 0.0880. The number of amides is 1. The van der Waals surface area contributed by atoms with E-state index in [2.05, 4.69) is 10.3 Å². The fourth-order valence-corrected chi connectivity index (χ4v) is 4.43. The predicted octanol–water partition coefficient (Wildman–Crippen LogP) is 3.51. The highest BCUT2D eigenvalue weighted by molar-refractivity contribution is 7.23. The van der Waals surface area contributed by atoms with Gasteiger partial charge in [0.25, 0.3) is 5.91 Å². The van der Waals surface area contributed by atoms with Crippen LogP contribution in [-0.4, -0.2) is 28.0 Å². The molecule has 0 saturated heterocycles. The molecule has 22 heavy (non-hydrogen) atoms. The molecule has 8 heteroatoms. The van der Waals surface area contributed by atoms with Gasteiger partial charge in [0.15, 0.2) is 0 Å². The third-order valence-electron chi connectivity index (χ3n) is 3.64. The Balaban J connectivity index is 1.64. The van der Waals surface area contributed by atoms with E-state index in [1.807, 2.05) is 6.07 Å². The summed E-state index contributed by atoms with van der Waals surface area (Å²) in [5.41, 5.74) is 0.364. The Labute approximate surface area is 140 Å². The van der Waals surface area contributed by atoms with E-state index < -0.39 is 5.97 Å². The smallest absolute Gasteiger partial charge is 0.306 e. The summed E-state index contributed by atoms with van der Waals surface area (Å²) in [6.45, 7) is 0. The average molecular weight is 357 g/mol. The van der Waals surface area contributed by atoms with Crippen molar-refractivity contribution in [2.45, 2.75) is 25.3 Å². The van der Waals surface area contributed by atoms with Crippen molar-refractivity contribution in [1.82, 2.24) is 10.3 Å². The standard InChI is InChI=1S/C14H13ClN2O3S2/c15-11-4-3-10(22-11)13-17-9(6-21-13)12(18)16-8-2-1-7(5-8)14(19)20/h3-4,6-8H,1-2,5H2,(H,16,18)(H,19,20)/t7-,8+/m0/s1. The number of rotatable bonds is 4. The van der Waals surface area contributed by atoms with Gasteiger partial charge in [-0.15, -0.1) is 22.7 Å². The quantitative estimate of drug-likeness (QED) is 0.878. The number of carboxylic acids is 1. The molecule has 0 aromatic carbocycles. The fraction of sp³-hybridized carbons (Fsp3) is 0.357. The van der Waals surface area contributed by atoms with Gasteiger partial charge in [-0.3, -0.25) is 9.59 Å². The molecule has 0 aliphatic heterocycles. The van der Waals surface area contributed by atoms with Crippen molar-refractivity contribution in [3.05, 3.63) is 27.5 Å². The average Bonchev–Trinajstić information content (AvgIpc) is 3.16. The minimum atomic E-state index is -0.790. The molecule has 5 nitrogen and oxygen atoms in total. The molecular weight excluding hydrogens is 344 g/mol. The largest absolute Gasteiger partial charge is 0.481 e. The van der Waals surface area contributed by atoms with Crippen molar-refractivity contribution in [2.24, 2.45) is 5.92 Å². The number of carboxylic acid groups (broad SMARTS) is 1. The number of nitrogens with zero attached hydrogens (tertiary/aromatic N) is 1. The van der Waals surface area contributed by atoms with Crippen LogP contribution in [0.5, 0.6) is 0 Å². The third kappa shape index (κ3) is 3.31. The second-order valence-corrected chi connectivity index (χ2v) is 7.73. The topological polar surface area (TPSA) is 79.3 Å². The minimum Gasteiger partial charge on any atom is -0.481 e. The molecule has 2 aromatic heterocycles. The lowest BCUT2D eigenvalue weighted by molar-refractivity contribution is -0.141. The highest BCUT2D eigenvalue weighted by atomic mass is 35.5. The zero-order chi connectivity index (χ0) is 15.7. The van der Waals surface area contributed by atoms with Gasteiger partial charge in [-0.25, -0.2) is 4.98 Å². The highest BCUT2D eigenvalue weighted by Crippen LogP contribution is 2.33. The molecule has 1 saturated carbocycles. The molecule has 1 aliphatic carbocycles. The van der Waals surface area contributed by atoms with Crippen LogP contribution >= 0.6 is 34.3 Å². The maximum absolute atomic E-state index is 12.2. The summed E-state index contributed by atoms with van der Waals surface area (Å²) in [5.74, 6) is -1.40. The van der Waals surface area contributed by atoms with Crippen LogP contribution in [0, 0.1) is 5.92 Å². The molecule has 3 rings (SSSR count). The van der Waals surface area contributed by atoms with E-state index in [1.54, 1.807) is 11.4 Å². The SMILES string of the molecule is O=C(N[C@@H]1CC[C@H](C(=O)O)C1)c1csc(-c2ccc(Cl)s2)n1. The molecule has 2 atom stereocenters. The van der Waals surface area contributed by atoms with Crippen molar-refractivity contribution in [1.29, 1.82) is 0 Å². The monoisotopic (exact) mass is 356 g/mol. The van der Waals surface area contributed by atoms with Crippen molar-refractivity contribution in [3.8, 4) is 9.88 Å². The van der Waals surface area contributed by atoms with Gasteiger partial charge in [0.05, 0.1) is 15.1 Å². The Morgan fingerprint density at radius 3 is 2.82 bits per heavy atom. The molecule has 0 radical (unpaired) electrons. The molecule has 0 unspecified atom stereocenters. The van der Waals surface area contributed by atoms with E-state index in [0.717, 1.165) is 9.88 Å². The number of aliphatic carboxylic acids is 1. The fourth-order valence-electron chi connectivity index (χ4n) is 2.52. The van der Waals surface area contributed by atoms with E-state index in [0.29, 0.717) is 29.3 Å². The second-order valence-electron chi connectivity index (χ2n) is 5.16. The summed E-state index contributed by atoms with van der Waals surface area (Å²) in [6.07, 6.45) is 1.79. The van der Waals surface area contributed by atoms with Crippen molar-refractivity contribution in [2.75, 3.05) is 0 Å². The van der Waals surface area contributed by atoms with E-state index >= 15 is 0 Å². The maximum atomic E-state index is 12.2. The summed E-state index contributed by atoms with van der Waals surface area (Å²) in [5, 5.41) is 14.3. The molecule has 2 aromatic rings. The Bertz CT molecular complexity index is 713. The number of nitrogens with one attached hydrogen (secondary N) is 1. The molecule has 1 aliphatic rings. The zero-order valence-electron chi connectivity index (χ0n) is 11.4. The van der Waals surface area contributed by atoms with Crippen molar-refractivity contribution < 1.29 is 14.7 Å². The number of halogens is 1. The van der Waals surface area contributed by atoms with E-state index in [4.69, 9.17) is 16.7 Å². The van der Waals surface area contributed by atoms with Crippen molar-refractivity contribution >= 4 is 46.2 Å². The third-order valence-corrected chi connectivity index (χ3v) is 5.88. The first-order valence-corrected chi connectivity index (χ1v) is 8.85. The molecule has 0 bridgehead atoms. The van der Waals surface area contributed by atoms with Crippen molar-refractivity contribution in [3.63, 3.8) is 0 Å². The first-order chi connectivity index (χ1) is 10.5. The van der Waals surface area contributed by atoms with E-state index in [-0.39, 0.29) is 17.9 Å².